The fraction of sp³-hybridized carbons (Fsp3) is 0.0833. The minimum atomic E-state index is -2.18. The molecule has 1 heterocycles. The first-order valence-corrected chi connectivity index (χ1v) is 11.3. The topological polar surface area (TPSA) is 84.2 Å². The highest BCUT2D eigenvalue weighted by Crippen LogP contribution is 2.28. The van der Waals surface area contributed by atoms with E-state index >= 15 is 0 Å². The van der Waals surface area contributed by atoms with Gasteiger partial charge in [0.25, 0.3) is 0 Å². The highest BCUT2D eigenvalue weighted by atomic mass is 35.5. The number of hydrogen-bond acceptors (Lipinski definition) is 5. The van der Waals surface area contributed by atoms with Gasteiger partial charge >= 0.3 is 5.56 Å². The molecule has 0 saturated carbocycles. The fourth-order valence-corrected chi connectivity index (χ4v) is 3.87. The SMILES string of the molecule is O=c1c(OCc2ccccc2)c(-c2ccc(CS(=O)[O-])cc2)cnn1-c1cccc(Cl)c1. The summed E-state index contributed by atoms with van der Waals surface area (Å²) in [6, 6.07) is 23.3. The van der Waals surface area contributed by atoms with Gasteiger partial charge in [-0.2, -0.15) is 9.78 Å². The third kappa shape index (κ3) is 5.13. The molecule has 1 atom stereocenters. The normalized spacial score (nSPS) is 11.8. The Hall–Kier alpha value is -3.26. The van der Waals surface area contributed by atoms with Crippen LogP contribution in [0.5, 0.6) is 5.75 Å². The van der Waals surface area contributed by atoms with Crippen molar-refractivity contribution in [3.8, 4) is 22.6 Å². The molecule has 0 aliphatic carbocycles. The van der Waals surface area contributed by atoms with E-state index in [1.807, 2.05) is 30.3 Å². The lowest BCUT2D eigenvalue weighted by Crippen LogP contribution is -2.23. The Morgan fingerprint density at radius 1 is 0.969 bits per heavy atom. The van der Waals surface area contributed by atoms with Crippen LogP contribution >= 0.6 is 11.6 Å². The van der Waals surface area contributed by atoms with Gasteiger partial charge in [0.15, 0.2) is 5.75 Å². The van der Waals surface area contributed by atoms with Gasteiger partial charge in [0, 0.05) is 16.3 Å². The van der Waals surface area contributed by atoms with Crippen LogP contribution in [0.4, 0.5) is 0 Å². The van der Waals surface area contributed by atoms with Crippen LogP contribution in [-0.2, 0) is 23.4 Å². The van der Waals surface area contributed by atoms with Crippen LogP contribution in [0, 0.1) is 0 Å². The minimum absolute atomic E-state index is 0.0771. The largest absolute Gasteiger partial charge is 0.772 e. The van der Waals surface area contributed by atoms with Crippen LogP contribution in [0.3, 0.4) is 0 Å². The first-order chi connectivity index (χ1) is 15.5. The van der Waals surface area contributed by atoms with E-state index in [0.29, 0.717) is 27.4 Å². The number of hydrogen-bond donors (Lipinski definition) is 0. The smallest absolute Gasteiger partial charge is 0.314 e. The molecule has 0 amide bonds. The number of nitrogens with zero attached hydrogens (tertiary/aromatic N) is 2. The zero-order chi connectivity index (χ0) is 22.5. The number of halogens is 1. The third-order valence-corrected chi connectivity index (χ3v) is 5.57. The lowest BCUT2D eigenvalue weighted by Gasteiger charge is -2.14. The average Bonchev–Trinajstić information content (AvgIpc) is 2.79. The summed E-state index contributed by atoms with van der Waals surface area (Å²) < 4.78 is 29.1. The molecule has 6 nitrogen and oxygen atoms in total. The zero-order valence-electron chi connectivity index (χ0n) is 16.8. The molecular weight excluding hydrogens is 448 g/mol. The average molecular weight is 466 g/mol. The van der Waals surface area contributed by atoms with Crippen LogP contribution in [0.25, 0.3) is 16.8 Å². The van der Waals surface area contributed by atoms with Crippen LogP contribution in [0.1, 0.15) is 11.1 Å². The van der Waals surface area contributed by atoms with E-state index in [1.54, 1.807) is 54.7 Å². The Labute approximate surface area is 192 Å². The molecule has 1 aromatic heterocycles. The van der Waals surface area contributed by atoms with Gasteiger partial charge in [0.05, 0.1) is 11.9 Å². The second-order valence-electron chi connectivity index (χ2n) is 7.00. The van der Waals surface area contributed by atoms with Crippen molar-refractivity contribution in [3.05, 3.63) is 112 Å². The Morgan fingerprint density at radius 2 is 1.72 bits per heavy atom. The highest BCUT2D eigenvalue weighted by molar-refractivity contribution is 7.78. The Morgan fingerprint density at radius 3 is 2.41 bits per heavy atom. The second kappa shape index (κ2) is 9.91. The predicted octanol–water partition coefficient (Wildman–Crippen LogP) is 4.51. The number of benzene rings is 3. The molecule has 0 fully saturated rings. The fourth-order valence-electron chi connectivity index (χ4n) is 3.22. The van der Waals surface area contributed by atoms with Crippen molar-refractivity contribution in [2.24, 2.45) is 0 Å². The van der Waals surface area contributed by atoms with E-state index in [0.717, 1.165) is 5.56 Å². The van der Waals surface area contributed by atoms with Gasteiger partial charge in [-0.3, -0.25) is 9.00 Å². The predicted molar refractivity (Wildman–Crippen MR) is 124 cm³/mol. The molecule has 0 radical (unpaired) electrons. The van der Waals surface area contributed by atoms with Gasteiger partial charge in [0.1, 0.15) is 6.61 Å². The van der Waals surface area contributed by atoms with E-state index < -0.39 is 16.6 Å². The summed E-state index contributed by atoms with van der Waals surface area (Å²) in [5.41, 5.74) is 2.86. The number of rotatable bonds is 7. The summed E-state index contributed by atoms with van der Waals surface area (Å²) >= 11 is 3.91. The molecule has 0 bridgehead atoms. The molecule has 0 N–H and O–H groups in total. The van der Waals surface area contributed by atoms with Gasteiger partial charge in [-0.05, 0) is 34.9 Å². The molecule has 162 valence electrons. The molecule has 32 heavy (non-hydrogen) atoms. The summed E-state index contributed by atoms with van der Waals surface area (Å²) in [4.78, 5) is 13.4. The van der Waals surface area contributed by atoms with E-state index in [2.05, 4.69) is 5.10 Å². The van der Waals surface area contributed by atoms with Gasteiger partial charge in [0.2, 0.25) is 0 Å². The molecule has 4 rings (SSSR count). The maximum atomic E-state index is 13.4. The van der Waals surface area contributed by atoms with Crippen LogP contribution in [0.15, 0.2) is 89.9 Å². The molecule has 3 aromatic carbocycles. The number of ether oxygens (including phenoxy) is 1. The molecule has 4 aromatic rings. The summed E-state index contributed by atoms with van der Waals surface area (Å²) in [6.07, 6.45) is 1.56. The summed E-state index contributed by atoms with van der Waals surface area (Å²) in [6.45, 7) is 0.204. The molecule has 0 aliphatic heterocycles. The lowest BCUT2D eigenvalue weighted by molar-refractivity contribution is 0.300. The first kappa shape index (κ1) is 22.0. The molecule has 1 unspecified atom stereocenters. The Balaban J connectivity index is 1.77. The van der Waals surface area contributed by atoms with Crippen molar-refractivity contribution >= 4 is 22.7 Å². The van der Waals surface area contributed by atoms with Crippen LogP contribution in [0.2, 0.25) is 5.02 Å². The van der Waals surface area contributed by atoms with Crippen molar-refractivity contribution in [3.63, 3.8) is 0 Å². The van der Waals surface area contributed by atoms with E-state index in [9.17, 15) is 13.6 Å². The zero-order valence-corrected chi connectivity index (χ0v) is 18.4. The van der Waals surface area contributed by atoms with Gasteiger partial charge in [-0.1, -0.05) is 83.3 Å². The monoisotopic (exact) mass is 465 g/mol. The quantitative estimate of drug-likeness (QED) is 0.375. The summed E-state index contributed by atoms with van der Waals surface area (Å²) in [7, 11) is 0. The summed E-state index contributed by atoms with van der Waals surface area (Å²) in [5, 5.41) is 4.80. The summed E-state index contributed by atoms with van der Waals surface area (Å²) in [5.74, 6) is 0.0654. The lowest BCUT2D eigenvalue weighted by atomic mass is 10.1. The van der Waals surface area contributed by atoms with E-state index in [4.69, 9.17) is 16.3 Å². The van der Waals surface area contributed by atoms with Gasteiger partial charge in [-0.25, -0.2) is 0 Å². The van der Waals surface area contributed by atoms with Gasteiger partial charge < -0.3 is 9.29 Å². The second-order valence-corrected chi connectivity index (χ2v) is 8.34. The number of aromatic nitrogens is 2. The maximum absolute atomic E-state index is 13.4. The van der Waals surface area contributed by atoms with Crippen LogP contribution < -0.4 is 10.3 Å². The Bertz CT molecular complexity index is 1310. The highest BCUT2D eigenvalue weighted by Gasteiger charge is 2.16. The molecule has 8 heteroatoms. The van der Waals surface area contributed by atoms with Crippen LogP contribution in [-0.4, -0.2) is 18.5 Å². The molecular formula is C24H18ClN2O4S-. The molecule has 0 aliphatic rings. The van der Waals surface area contributed by atoms with Crippen molar-refractivity contribution in [2.45, 2.75) is 12.4 Å². The first-order valence-electron chi connectivity index (χ1n) is 9.71. The Kier molecular flexibility index (Phi) is 6.80. The van der Waals surface area contributed by atoms with Gasteiger partial charge in [-0.15, -0.1) is 0 Å². The maximum Gasteiger partial charge on any atom is 0.314 e. The van der Waals surface area contributed by atoms with Crippen molar-refractivity contribution in [1.82, 2.24) is 9.78 Å². The van der Waals surface area contributed by atoms with Crippen molar-refractivity contribution in [2.75, 3.05) is 0 Å². The standard InChI is InChI=1S/C24H19ClN2O4S/c25-20-7-4-8-21(13-20)27-24(28)23(31-15-17-5-2-1-3-6-17)22(14-26-27)19-11-9-18(10-12-19)16-32(29)30/h1-14H,15-16H2,(H,29,30)/p-1. The third-order valence-electron chi connectivity index (χ3n) is 4.76. The van der Waals surface area contributed by atoms with Crippen molar-refractivity contribution in [1.29, 1.82) is 0 Å². The van der Waals surface area contributed by atoms with Crippen molar-refractivity contribution < 1.29 is 13.5 Å². The van der Waals surface area contributed by atoms with E-state index in [1.165, 1.54) is 4.68 Å². The minimum Gasteiger partial charge on any atom is -0.772 e. The van der Waals surface area contributed by atoms with E-state index in [-0.39, 0.29) is 18.1 Å². The molecule has 0 spiro atoms. The molecule has 0 saturated heterocycles.